The first-order valence-corrected chi connectivity index (χ1v) is 7.34. The van der Waals surface area contributed by atoms with Crippen LogP contribution in [0.15, 0.2) is 45.7 Å². The molecule has 1 aromatic heterocycles. The average molecular weight is 302 g/mol. The van der Waals surface area contributed by atoms with Crippen LogP contribution in [0.5, 0.6) is 5.75 Å². The van der Waals surface area contributed by atoms with Gasteiger partial charge in [-0.25, -0.2) is 4.79 Å². The van der Waals surface area contributed by atoms with Crippen molar-refractivity contribution in [1.82, 2.24) is 0 Å². The van der Waals surface area contributed by atoms with Gasteiger partial charge in [0.05, 0.1) is 7.11 Å². The zero-order valence-corrected chi connectivity index (χ0v) is 13.1. The van der Waals surface area contributed by atoms with E-state index < -0.39 is 5.63 Å². The number of aldehydes is 1. The molecule has 0 aliphatic carbocycles. The smallest absolute Gasteiger partial charge is 0.350 e. The Labute approximate surface area is 130 Å². The van der Waals surface area contributed by atoms with E-state index in [0.29, 0.717) is 12.0 Å². The Bertz CT molecular complexity index is 606. The predicted octanol–water partition coefficient (Wildman–Crippen LogP) is 4.17. The molecule has 0 aliphatic heterocycles. The zero-order chi connectivity index (χ0) is 16.2. The van der Waals surface area contributed by atoms with Gasteiger partial charge in [-0.2, -0.15) is 0 Å². The van der Waals surface area contributed by atoms with E-state index in [0.717, 1.165) is 25.7 Å². The maximum atomic E-state index is 11.6. The number of rotatable bonds is 9. The van der Waals surface area contributed by atoms with Gasteiger partial charge in [0, 0.05) is 6.07 Å². The molecule has 0 amide bonds. The molecule has 0 saturated heterocycles. The van der Waals surface area contributed by atoms with Crippen LogP contribution in [-0.4, -0.2) is 13.4 Å². The van der Waals surface area contributed by atoms with Crippen molar-refractivity contribution < 1.29 is 13.9 Å². The second-order valence-electron chi connectivity index (χ2n) is 4.68. The molecule has 0 aromatic carbocycles. The molecule has 118 valence electrons. The zero-order valence-electron chi connectivity index (χ0n) is 13.1. The molecule has 4 nitrogen and oxygen atoms in total. The van der Waals surface area contributed by atoms with Crippen LogP contribution < -0.4 is 10.4 Å². The van der Waals surface area contributed by atoms with E-state index in [9.17, 15) is 9.59 Å². The summed E-state index contributed by atoms with van der Waals surface area (Å²) in [6.45, 7) is 1.99. The number of hydrogen-bond donors (Lipinski definition) is 0. The van der Waals surface area contributed by atoms with Crippen LogP contribution in [-0.2, 0) is 0 Å². The van der Waals surface area contributed by atoms with Crippen molar-refractivity contribution in [3.8, 4) is 5.75 Å². The molecule has 0 aliphatic rings. The number of hydrogen-bond acceptors (Lipinski definition) is 4. The third-order valence-corrected chi connectivity index (χ3v) is 3.02. The quantitative estimate of drug-likeness (QED) is 0.390. The Kier molecular flexibility index (Phi) is 8.35. The van der Waals surface area contributed by atoms with Crippen molar-refractivity contribution in [1.29, 1.82) is 0 Å². The van der Waals surface area contributed by atoms with Crippen LogP contribution >= 0.6 is 0 Å². The van der Waals surface area contributed by atoms with Gasteiger partial charge in [-0.3, -0.25) is 4.79 Å². The standard InChI is InChI=1S/C18H22O4/c1-3-4-5-6-7-8-9-10-11-12-15-13-17(21-2)16(14-19)18(20)22-15/h3-6,11-14H,7-10H2,1-2H3/b4-3+,6-5+,12-11+. The van der Waals surface area contributed by atoms with Gasteiger partial charge in [0.1, 0.15) is 17.1 Å². The second-order valence-corrected chi connectivity index (χ2v) is 4.68. The van der Waals surface area contributed by atoms with E-state index in [4.69, 9.17) is 9.15 Å². The summed E-state index contributed by atoms with van der Waals surface area (Å²) in [5, 5.41) is 0. The largest absolute Gasteiger partial charge is 0.496 e. The minimum Gasteiger partial charge on any atom is -0.496 e. The molecule has 0 radical (unpaired) electrons. The number of carbonyl (C=O) groups is 1. The highest BCUT2D eigenvalue weighted by atomic mass is 16.5. The van der Waals surface area contributed by atoms with Crippen LogP contribution in [0.1, 0.15) is 48.7 Å². The van der Waals surface area contributed by atoms with Gasteiger partial charge in [-0.05, 0) is 38.7 Å². The molecule has 0 spiro atoms. The summed E-state index contributed by atoms with van der Waals surface area (Å²) in [6.07, 6.45) is 16.4. The summed E-state index contributed by atoms with van der Waals surface area (Å²) in [4.78, 5) is 22.4. The molecular weight excluding hydrogens is 280 g/mol. The van der Waals surface area contributed by atoms with E-state index >= 15 is 0 Å². The van der Waals surface area contributed by atoms with Gasteiger partial charge in [-0.1, -0.05) is 30.4 Å². The van der Waals surface area contributed by atoms with Crippen molar-refractivity contribution >= 4 is 12.4 Å². The lowest BCUT2D eigenvalue weighted by atomic mass is 10.1. The molecule has 22 heavy (non-hydrogen) atoms. The molecule has 1 rings (SSSR count). The first-order chi connectivity index (χ1) is 10.7. The fraction of sp³-hybridized carbons (Fsp3) is 0.333. The van der Waals surface area contributed by atoms with Crippen LogP contribution in [0.3, 0.4) is 0 Å². The van der Waals surface area contributed by atoms with Crippen LogP contribution in [0.4, 0.5) is 0 Å². The second kappa shape index (κ2) is 10.4. The number of unbranched alkanes of at least 4 members (excludes halogenated alkanes) is 3. The van der Waals surface area contributed by atoms with Gasteiger partial charge in [0.25, 0.3) is 0 Å². The van der Waals surface area contributed by atoms with Crippen molar-refractivity contribution in [2.45, 2.75) is 32.6 Å². The number of carbonyl (C=O) groups excluding carboxylic acids is 1. The van der Waals surface area contributed by atoms with E-state index in [1.54, 1.807) is 12.1 Å². The summed E-state index contributed by atoms with van der Waals surface area (Å²) >= 11 is 0. The Balaban J connectivity index is 2.48. The lowest BCUT2D eigenvalue weighted by Gasteiger charge is -2.02. The fourth-order valence-corrected chi connectivity index (χ4v) is 1.87. The number of allylic oxidation sites excluding steroid dienone is 5. The Morgan fingerprint density at radius 3 is 2.55 bits per heavy atom. The highest BCUT2D eigenvalue weighted by Crippen LogP contribution is 2.16. The molecule has 1 heterocycles. The molecule has 4 heteroatoms. The summed E-state index contributed by atoms with van der Waals surface area (Å²) in [5.41, 5.74) is -0.768. The van der Waals surface area contributed by atoms with Gasteiger partial charge in [0.2, 0.25) is 0 Å². The van der Waals surface area contributed by atoms with E-state index in [1.165, 1.54) is 7.11 Å². The predicted molar refractivity (Wildman–Crippen MR) is 88.4 cm³/mol. The van der Waals surface area contributed by atoms with E-state index in [2.05, 4.69) is 6.08 Å². The summed E-state index contributed by atoms with van der Waals surface area (Å²) in [7, 11) is 1.41. The van der Waals surface area contributed by atoms with Gasteiger partial charge < -0.3 is 9.15 Å². The van der Waals surface area contributed by atoms with Crippen molar-refractivity contribution in [2.24, 2.45) is 0 Å². The minimum absolute atomic E-state index is 0.0902. The topological polar surface area (TPSA) is 56.5 Å². The van der Waals surface area contributed by atoms with Gasteiger partial charge in [-0.15, -0.1) is 0 Å². The first-order valence-electron chi connectivity index (χ1n) is 7.34. The highest BCUT2D eigenvalue weighted by Gasteiger charge is 2.09. The van der Waals surface area contributed by atoms with E-state index in [-0.39, 0.29) is 11.3 Å². The van der Waals surface area contributed by atoms with Crippen molar-refractivity contribution in [3.63, 3.8) is 0 Å². The molecular formula is C18H22O4. The SMILES string of the molecule is C/C=C/C=C/CCCC/C=C/c1cc(OC)c(C=O)c(=O)o1. The van der Waals surface area contributed by atoms with Gasteiger partial charge >= 0.3 is 5.63 Å². The Morgan fingerprint density at radius 2 is 1.91 bits per heavy atom. The molecule has 0 atom stereocenters. The molecule has 0 fully saturated rings. The molecule has 0 bridgehead atoms. The summed E-state index contributed by atoms with van der Waals surface area (Å²) in [6, 6.07) is 1.54. The molecule has 0 N–H and O–H groups in total. The summed E-state index contributed by atoms with van der Waals surface area (Å²) in [5.74, 6) is 0.625. The maximum absolute atomic E-state index is 11.6. The van der Waals surface area contributed by atoms with Gasteiger partial charge in [0.15, 0.2) is 6.29 Å². The van der Waals surface area contributed by atoms with Crippen molar-refractivity contribution in [2.75, 3.05) is 7.11 Å². The third-order valence-electron chi connectivity index (χ3n) is 3.02. The maximum Gasteiger partial charge on any atom is 0.350 e. The minimum atomic E-state index is -0.678. The normalized spacial score (nSPS) is 11.7. The molecule has 0 saturated carbocycles. The van der Waals surface area contributed by atoms with Crippen LogP contribution in [0, 0.1) is 0 Å². The number of ether oxygens (including phenoxy) is 1. The van der Waals surface area contributed by atoms with Crippen molar-refractivity contribution in [3.05, 3.63) is 58.2 Å². The van der Waals surface area contributed by atoms with Crippen LogP contribution in [0.25, 0.3) is 6.08 Å². The monoisotopic (exact) mass is 302 g/mol. The number of methoxy groups -OCH3 is 1. The van der Waals surface area contributed by atoms with Crippen LogP contribution in [0.2, 0.25) is 0 Å². The Morgan fingerprint density at radius 1 is 1.18 bits per heavy atom. The lowest BCUT2D eigenvalue weighted by Crippen LogP contribution is -2.09. The highest BCUT2D eigenvalue weighted by molar-refractivity contribution is 5.78. The fourth-order valence-electron chi connectivity index (χ4n) is 1.87. The third kappa shape index (κ3) is 5.95. The average Bonchev–Trinajstić information content (AvgIpc) is 2.52. The Hall–Kier alpha value is -2.36. The van der Waals surface area contributed by atoms with E-state index in [1.807, 2.05) is 31.2 Å². The first kappa shape index (κ1) is 17.7. The lowest BCUT2D eigenvalue weighted by molar-refractivity contribution is 0.111. The molecule has 0 unspecified atom stereocenters. The molecule has 1 aromatic rings. The summed E-state index contributed by atoms with van der Waals surface area (Å²) < 4.78 is 10.1.